The van der Waals surface area contributed by atoms with Crippen LogP contribution in [0.2, 0.25) is 0 Å². The van der Waals surface area contributed by atoms with E-state index >= 15 is 0 Å². The van der Waals surface area contributed by atoms with E-state index in [4.69, 9.17) is 9.47 Å². The maximum Gasteiger partial charge on any atom is 0.271 e. The second-order valence-corrected chi connectivity index (χ2v) is 6.37. The third-order valence-electron chi connectivity index (χ3n) is 4.44. The summed E-state index contributed by atoms with van der Waals surface area (Å²) in [4.78, 5) is 17.4. The summed E-state index contributed by atoms with van der Waals surface area (Å²) < 4.78 is 13.7. The molecule has 6 nitrogen and oxygen atoms in total. The molecule has 3 aromatic rings. The number of carbonyl (C=O) groups is 1. The quantitative estimate of drug-likeness (QED) is 0.780. The topological polar surface area (TPSA) is 65.4 Å². The number of benzene rings is 2. The Balaban J connectivity index is 1.60. The molecule has 1 aliphatic heterocycles. The highest BCUT2D eigenvalue weighted by molar-refractivity contribution is 5.95. The SMILES string of the molecule is CCCn1c(NC(=O)[C@@H]2Oc3ccccc3O[C@H]2C)nc2ccccc21. The predicted octanol–water partition coefficient (Wildman–Crippen LogP) is 3.61. The second kappa shape index (κ2) is 6.71. The number of rotatable bonds is 4. The number of hydrogen-bond acceptors (Lipinski definition) is 4. The first-order valence-electron chi connectivity index (χ1n) is 8.86. The van der Waals surface area contributed by atoms with Crippen molar-refractivity contribution in [3.05, 3.63) is 48.5 Å². The van der Waals surface area contributed by atoms with Crippen molar-refractivity contribution >= 4 is 22.9 Å². The van der Waals surface area contributed by atoms with Crippen molar-refractivity contribution in [2.45, 2.75) is 39.0 Å². The van der Waals surface area contributed by atoms with Gasteiger partial charge in [0, 0.05) is 6.54 Å². The number of nitrogens with one attached hydrogen (secondary N) is 1. The van der Waals surface area contributed by atoms with Crippen molar-refractivity contribution in [3.63, 3.8) is 0 Å². The molecule has 0 bridgehead atoms. The first kappa shape index (κ1) is 16.4. The summed E-state index contributed by atoms with van der Waals surface area (Å²) in [5.74, 6) is 1.50. The summed E-state index contributed by atoms with van der Waals surface area (Å²) in [5, 5.41) is 2.92. The van der Waals surface area contributed by atoms with Crippen molar-refractivity contribution in [2.75, 3.05) is 5.32 Å². The average molecular weight is 351 g/mol. The van der Waals surface area contributed by atoms with Crippen LogP contribution < -0.4 is 14.8 Å². The Bertz CT molecular complexity index is 950. The van der Waals surface area contributed by atoms with Crippen molar-refractivity contribution in [3.8, 4) is 11.5 Å². The summed E-state index contributed by atoms with van der Waals surface area (Å²) in [5.41, 5.74) is 1.86. The summed E-state index contributed by atoms with van der Waals surface area (Å²) in [7, 11) is 0. The van der Waals surface area contributed by atoms with Gasteiger partial charge >= 0.3 is 0 Å². The van der Waals surface area contributed by atoms with Crippen LogP contribution in [-0.2, 0) is 11.3 Å². The Morgan fingerprint density at radius 1 is 1.12 bits per heavy atom. The number of amides is 1. The van der Waals surface area contributed by atoms with Gasteiger partial charge in [0.25, 0.3) is 5.91 Å². The fourth-order valence-corrected chi connectivity index (χ4v) is 3.21. The third-order valence-corrected chi connectivity index (χ3v) is 4.44. The lowest BCUT2D eigenvalue weighted by Crippen LogP contribution is -2.46. The molecule has 4 rings (SSSR count). The number of fused-ring (bicyclic) bond motifs is 2. The van der Waals surface area contributed by atoms with Gasteiger partial charge in [-0.1, -0.05) is 31.2 Å². The number of ether oxygens (including phenoxy) is 2. The number of aryl methyl sites for hydroxylation is 1. The molecule has 1 N–H and O–H groups in total. The van der Waals surface area contributed by atoms with E-state index in [1.165, 1.54) is 0 Å². The van der Waals surface area contributed by atoms with Gasteiger partial charge in [-0.2, -0.15) is 0 Å². The lowest BCUT2D eigenvalue weighted by atomic mass is 10.1. The number of imidazole rings is 1. The summed E-state index contributed by atoms with van der Waals surface area (Å²) in [6.45, 7) is 4.70. The number of anilines is 1. The Labute approximate surface area is 151 Å². The molecule has 0 aliphatic carbocycles. The normalized spacial score (nSPS) is 18.7. The molecule has 2 heterocycles. The van der Waals surface area contributed by atoms with Crippen molar-refractivity contribution < 1.29 is 14.3 Å². The zero-order valence-corrected chi connectivity index (χ0v) is 14.8. The molecule has 0 spiro atoms. The summed E-state index contributed by atoms with van der Waals surface area (Å²) in [6, 6.07) is 15.2. The van der Waals surface area contributed by atoms with E-state index in [2.05, 4.69) is 17.2 Å². The van der Waals surface area contributed by atoms with Crippen LogP contribution in [0.25, 0.3) is 11.0 Å². The molecule has 1 aromatic heterocycles. The minimum atomic E-state index is -0.736. The van der Waals surface area contributed by atoms with Gasteiger partial charge in [0.1, 0.15) is 6.10 Å². The molecular weight excluding hydrogens is 330 g/mol. The fourth-order valence-electron chi connectivity index (χ4n) is 3.21. The minimum Gasteiger partial charge on any atom is -0.482 e. The molecule has 2 atom stereocenters. The number of para-hydroxylation sites is 4. The molecule has 0 fully saturated rings. The van der Waals surface area contributed by atoms with Gasteiger partial charge in [-0.15, -0.1) is 0 Å². The van der Waals surface area contributed by atoms with Crippen LogP contribution in [0.5, 0.6) is 11.5 Å². The minimum absolute atomic E-state index is 0.264. The van der Waals surface area contributed by atoms with Crippen LogP contribution in [0.15, 0.2) is 48.5 Å². The Kier molecular flexibility index (Phi) is 4.24. The van der Waals surface area contributed by atoms with E-state index in [0.717, 1.165) is 24.0 Å². The van der Waals surface area contributed by atoms with Gasteiger partial charge in [-0.3, -0.25) is 10.1 Å². The number of carbonyl (C=O) groups excluding carboxylic acids is 1. The number of hydrogen-bond donors (Lipinski definition) is 1. The predicted molar refractivity (Wildman–Crippen MR) is 99.6 cm³/mol. The molecule has 1 amide bonds. The van der Waals surface area contributed by atoms with E-state index in [1.807, 2.05) is 54.0 Å². The van der Waals surface area contributed by atoms with Gasteiger partial charge in [-0.05, 0) is 37.6 Å². The van der Waals surface area contributed by atoms with Crippen LogP contribution in [0.4, 0.5) is 5.95 Å². The number of aromatic nitrogens is 2. The maximum absolute atomic E-state index is 12.9. The highest BCUT2D eigenvalue weighted by Crippen LogP contribution is 2.33. The summed E-state index contributed by atoms with van der Waals surface area (Å²) in [6.07, 6.45) is -0.190. The first-order chi connectivity index (χ1) is 12.7. The van der Waals surface area contributed by atoms with E-state index in [0.29, 0.717) is 17.4 Å². The van der Waals surface area contributed by atoms with Crippen LogP contribution in [0.1, 0.15) is 20.3 Å². The molecule has 0 saturated carbocycles. The molecule has 134 valence electrons. The lowest BCUT2D eigenvalue weighted by Gasteiger charge is -2.30. The van der Waals surface area contributed by atoms with Crippen LogP contribution in [-0.4, -0.2) is 27.7 Å². The fraction of sp³-hybridized carbons (Fsp3) is 0.300. The lowest BCUT2D eigenvalue weighted by molar-refractivity contribution is -0.128. The molecule has 26 heavy (non-hydrogen) atoms. The summed E-state index contributed by atoms with van der Waals surface area (Å²) >= 11 is 0. The van der Waals surface area contributed by atoms with E-state index in [-0.39, 0.29) is 5.91 Å². The highest BCUT2D eigenvalue weighted by atomic mass is 16.6. The smallest absolute Gasteiger partial charge is 0.271 e. The van der Waals surface area contributed by atoms with Gasteiger partial charge in [0.2, 0.25) is 12.1 Å². The zero-order valence-electron chi connectivity index (χ0n) is 14.8. The Morgan fingerprint density at radius 3 is 2.58 bits per heavy atom. The second-order valence-electron chi connectivity index (χ2n) is 6.37. The highest BCUT2D eigenvalue weighted by Gasteiger charge is 2.34. The molecular formula is C20H21N3O3. The van der Waals surface area contributed by atoms with Crippen LogP contribution >= 0.6 is 0 Å². The van der Waals surface area contributed by atoms with Gasteiger partial charge in [0.15, 0.2) is 11.5 Å². The maximum atomic E-state index is 12.9. The molecule has 0 saturated heterocycles. The molecule has 6 heteroatoms. The van der Waals surface area contributed by atoms with E-state index < -0.39 is 12.2 Å². The largest absolute Gasteiger partial charge is 0.482 e. The average Bonchev–Trinajstić information content (AvgIpc) is 2.99. The molecule has 1 aliphatic rings. The molecule has 0 radical (unpaired) electrons. The van der Waals surface area contributed by atoms with Crippen molar-refractivity contribution in [2.24, 2.45) is 0 Å². The number of nitrogens with zero attached hydrogens (tertiary/aromatic N) is 2. The van der Waals surface area contributed by atoms with Crippen molar-refractivity contribution in [1.29, 1.82) is 0 Å². The standard InChI is InChI=1S/C20H21N3O3/c1-3-12-23-15-9-5-4-8-14(15)21-20(23)22-19(24)18-13(2)25-16-10-6-7-11-17(16)26-18/h4-11,13,18H,3,12H2,1-2H3,(H,21,22,24)/t13-,18+/m0/s1. The van der Waals surface area contributed by atoms with Gasteiger partial charge in [0.05, 0.1) is 11.0 Å². The van der Waals surface area contributed by atoms with E-state index in [1.54, 1.807) is 6.07 Å². The Hall–Kier alpha value is -3.02. The Morgan fingerprint density at radius 2 is 1.81 bits per heavy atom. The monoisotopic (exact) mass is 351 g/mol. The van der Waals surface area contributed by atoms with E-state index in [9.17, 15) is 4.79 Å². The molecule has 2 aromatic carbocycles. The van der Waals surface area contributed by atoms with Crippen LogP contribution in [0, 0.1) is 0 Å². The van der Waals surface area contributed by atoms with Crippen molar-refractivity contribution in [1.82, 2.24) is 9.55 Å². The van der Waals surface area contributed by atoms with Crippen LogP contribution in [0.3, 0.4) is 0 Å². The first-order valence-corrected chi connectivity index (χ1v) is 8.86. The van der Waals surface area contributed by atoms with Gasteiger partial charge in [-0.25, -0.2) is 4.98 Å². The molecule has 0 unspecified atom stereocenters. The zero-order chi connectivity index (χ0) is 18.1. The third kappa shape index (κ3) is 2.87. The van der Waals surface area contributed by atoms with Gasteiger partial charge < -0.3 is 14.0 Å².